The lowest BCUT2D eigenvalue weighted by Crippen LogP contribution is -2.55. The minimum atomic E-state index is -0.0984. The molecule has 2 fully saturated rings. The van der Waals surface area contributed by atoms with Crippen molar-refractivity contribution in [3.8, 4) is 0 Å². The highest BCUT2D eigenvalue weighted by molar-refractivity contribution is 5.78. The highest BCUT2D eigenvalue weighted by Gasteiger charge is 2.39. The molecule has 108 valence electrons. The van der Waals surface area contributed by atoms with Gasteiger partial charge in [-0.2, -0.15) is 0 Å². The molecular formula is C16H22N2O2. The summed E-state index contributed by atoms with van der Waals surface area (Å²) in [7, 11) is 0. The van der Waals surface area contributed by atoms with Crippen LogP contribution in [0.15, 0.2) is 30.3 Å². The molecule has 1 saturated heterocycles. The van der Waals surface area contributed by atoms with Gasteiger partial charge in [-0.15, -0.1) is 0 Å². The Morgan fingerprint density at radius 2 is 2.00 bits per heavy atom. The van der Waals surface area contributed by atoms with Gasteiger partial charge in [-0.25, -0.2) is 0 Å². The smallest absolute Gasteiger partial charge is 0.246 e. The van der Waals surface area contributed by atoms with Crippen LogP contribution in [0.1, 0.15) is 31.2 Å². The molecule has 20 heavy (non-hydrogen) atoms. The second-order valence-electron chi connectivity index (χ2n) is 5.89. The summed E-state index contributed by atoms with van der Waals surface area (Å²) in [5, 5.41) is 6.56. The quantitative estimate of drug-likeness (QED) is 0.880. The van der Waals surface area contributed by atoms with Gasteiger partial charge < -0.3 is 15.4 Å². The Balaban J connectivity index is 1.45. The van der Waals surface area contributed by atoms with Gasteiger partial charge in [-0.05, 0) is 31.2 Å². The maximum absolute atomic E-state index is 11.2. The molecule has 0 unspecified atom stereocenters. The van der Waals surface area contributed by atoms with Crippen LogP contribution in [-0.2, 0) is 16.1 Å². The van der Waals surface area contributed by atoms with E-state index in [1.807, 2.05) is 6.07 Å². The molecule has 0 radical (unpaired) electrons. The van der Waals surface area contributed by atoms with Crippen molar-refractivity contribution in [1.29, 1.82) is 0 Å². The van der Waals surface area contributed by atoms with Crippen molar-refractivity contribution in [2.75, 3.05) is 13.2 Å². The van der Waals surface area contributed by atoms with Gasteiger partial charge in [0.2, 0.25) is 5.91 Å². The highest BCUT2D eigenvalue weighted by atomic mass is 16.5. The van der Waals surface area contributed by atoms with Crippen LogP contribution >= 0.6 is 0 Å². The second-order valence-corrected chi connectivity index (χ2v) is 5.89. The van der Waals surface area contributed by atoms with E-state index >= 15 is 0 Å². The fourth-order valence-corrected chi connectivity index (χ4v) is 3.11. The van der Waals surface area contributed by atoms with Crippen molar-refractivity contribution >= 4 is 5.91 Å². The minimum absolute atomic E-state index is 0.0138. The second kappa shape index (κ2) is 5.94. The van der Waals surface area contributed by atoms with Gasteiger partial charge in [0.1, 0.15) is 6.61 Å². The average molecular weight is 274 g/mol. The zero-order chi connectivity index (χ0) is 13.8. The van der Waals surface area contributed by atoms with E-state index in [4.69, 9.17) is 4.74 Å². The molecule has 2 aliphatic rings. The lowest BCUT2D eigenvalue weighted by atomic mass is 9.81. The van der Waals surface area contributed by atoms with Crippen LogP contribution in [0.2, 0.25) is 0 Å². The summed E-state index contributed by atoms with van der Waals surface area (Å²) in [6, 6.07) is 11.1. The van der Waals surface area contributed by atoms with E-state index in [1.165, 1.54) is 5.56 Å². The van der Waals surface area contributed by atoms with Crippen LogP contribution in [0.5, 0.6) is 0 Å². The molecule has 0 aromatic heterocycles. The monoisotopic (exact) mass is 274 g/mol. The predicted octanol–water partition coefficient (Wildman–Crippen LogP) is 1.60. The Kier molecular flexibility index (Phi) is 4.03. The van der Waals surface area contributed by atoms with E-state index < -0.39 is 0 Å². The van der Waals surface area contributed by atoms with Crippen LogP contribution < -0.4 is 10.6 Å². The molecule has 2 N–H and O–H groups in total. The SMILES string of the molecule is O=C1CO[C@]2(CC[C@H](NCc3ccccc3)CC2)CN1. The lowest BCUT2D eigenvalue weighted by Gasteiger charge is -2.42. The van der Waals surface area contributed by atoms with Crippen LogP contribution in [0.25, 0.3) is 0 Å². The van der Waals surface area contributed by atoms with Crippen molar-refractivity contribution in [2.45, 2.75) is 43.9 Å². The summed E-state index contributed by atoms with van der Waals surface area (Å²) in [5.74, 6) is 0.0138. The number of ether oxygens (including phenoxy) is 1. The Bertz CT molecular complexity index is 441. The summed E-state index contributed by atoms with van der Waals surface area (Å²) in [4.78, 5) is 11.2. The molecule has 1 heterocycles. The molecule has 1 aromatic rings. The number of benzene rings is 1. The van der Waals surface area contributed by atoms with E-state index in [2.05, 4.69) is 34.9 Å². The first-order chi connectivity index (χ1) is 9.76. The molecule has 1 aliphatic carbocycles. The lowest BCUT2D eigenvalue weighted by molar-refractivity contribution is -0.148. The minimum Gasteiger partial charge on any atom is -0.363 e. The van der Waals surface area contributed by atoms with Gasteiger partial charge in [-0.3, -0.25) is 4.79 Å². The average Bonchev–Trinajstić information content (AvgIpc) is 2.51. The number of hydrogen-bond acceptors (Lipinski definition) is 3. The van der Waals surface area contributed by atoms with Crippen LogP contribution in [0.3, 0.4) is 0 Å². The van der Waals surface area contributed by atoms with Gasteiger partial charge in [0.15, 0.2) is 0 Å². The topological polar surface area (TPSA) is 50.4 Å². The number of morpholine rings is 1. The fourth-order valence-electron chi connectivity index (χ4n) is 3.11. The molecule has 1 saturated carbocycles. The molecule has 0 atom stereocenters. The first kappa shape index (κ1) is 13.6. The molecule has 1 aliphatic heterocycles. The number of amides is 1. The molecule has 1 amide bonds. The first-order valence-corrected chi connectivity index (χ1v) is 7.44. The van der Waals surface area contributed by atoms with Gasteiger partial charge in [0.05, 0.1) is 5.60 Å². The van der Waals surface area contributed by atoms with Crippen molar-refractivity contribution < 1.29 is 9.53 Å². The standard InChI is InChI=1S/C16H22N2O2/c19-15-11-20-16(12-18-15)8-6-14(7-9-16)17-10-13-4-2-1-3-5-13/h1-5,14,17H,6-12H2,(H,18,19)/t14-,16-. The van der Waals surface area contributed by atoms with Crippen LogP contribution in [0.4, 0.5) is 0 Å². The molecular weight excluding hydrogens is 252 g/mol. The Morgan fingerprint density at radius 1 is 1.25 bits per heavy atom. The third-order valence-corrected chi connectivity index (χ3v) is 4.45. The number of carbonyl (C=O) groups is 1. The number of rotatable bonds is 3. The summed E-state index contributed by atoms with van der Waals surface area (Å²) in [5.41, 5.74) is 1.23. The molecule has 3 rings (SSSR count). The van der Waals surface area contributed by atoms with Crippen molar-refractivity contribution in [2.24, 2.45) is 0 Å². The summed E-state index contributed by atoms with van der Waals surface area (Å²) >= 11 is 0. The van der Waals surface area contributed by atoms with Gasteiger partial charge >= 0.3 is 0 Å². The van der Waals surface area contributed by atoms with E-state index in [1.54, 1.807) is 0 Å². The number of hydrogen-bond donors (Lipinski definition) is 2. The molecule has 1 spiro atoms. The van der Waals surface area contributed by atoms with Crippen LogP contribution in [-0.4, -0.2) is 30.7 Å². The first-order valence-electron chi connectivity index (χ1n) is 7.44. The van der Waals surface area contributed by atoms with Crippen LogP contribution in [0, 0.1) is 0 Å². The van der Waals surface area contributed by atoms with E-state index in [0.717, 1.165) is 32.2 Å². The van der Waals surface area contributed by atoms with Gasteiger partial charge in [0.25, 0.3) is 0 Å². The molecule has 1 aromatic carbocycles. The van der Waals surface area contributed by atoms with E-state index in [0.29, 0.717) is 12.6 Å². The predicted molar refractivity (Wildman–Crippen MR) is 77.2 cm³/mol. The van der Waals surface area contributed by atoms with E-state index in [9.17, 15) is 4.79 Å². The van der Waals surface area contributed by atoms with Crippen molar-refractivity contribution in [1.82, 2.24) is 10.6 Å². The zero-order valence-corrected chi connectivity index (χ0v) is 11.7. The highest BCUT2D eigenvalue weighted by Crippen LogP contribution is 2.32. The summed E-state index contributed by atoms with van der Waals surface area (Å²) < 4.78 is 5.79. The number of carbonyl (C=O) groups excluding carboxylic acids is 1. The Labute approximate surface area is 119 Å². The summed E-state index contributed by atoms with van der Waals surface area (Å²) in [6.07, 6.45) is 4.28. The van der Waals surface area contributed by atoms with Crippen molar-refractivity contribution in [3.63, 3.8) is 0 Å². The number of nitrogens with one attached hydrogen (secondary N) is 2. The maximum atomic E-state index is 11.2. The normalized spacial score (nSPS) is 30.2. The van der Waals surface area contributed by atoms with E-state index in [-0.39, 0.29) is 18.1 Å². The van der Waals surface area contributed by atoms with Crippen molar-refractivity contribution in [3.05, 3.63) is 35.9 Å². The Hall–Kier alpha value is -1.39. The largest absolute Gasteiger partial charge is 0.363 e. The third-order valence-electron chi connectivity index (χ3n) is 4.45. The molecule has 4 nitrogen and oxygen atoms in total. The molecule has 0 bridgehead atoms. The maximum Gasteiger partial charge on any atom is 0.246 e. The summed E-state index contributed by atoms with van der Waals surface area (Å²) in [6.45, 7) is 1.83. The third kappa shape index (κ3) is 3.19. The zero-order valence-electron chi connectivity index (χ0n) is 11.7. The van der Waals surface area contributed by atoms with Gasteiger partial charge in [0, 0.05) is 19.1 Å². The Morgan fingerprint density at radius 3 is 2.65 bits per heavy atom. The van der Waals surface area contributed by atoms with Gasteiger partial charge in [-0.1, -0.05) is 30.3 Å². The fraction of sp³-hybridized carbons (Fsp3) is 0.562. The molecule has 4 heteroatoms.